The third kappa shape index (κ3) is 5.44. The van der Waals surface area contributed by atoms with Gasteiger partial charge in [-0.1, -0.05) is 53.4 Å². The molecule has 6 amide bonds. The highest BCUT2D eigenvalue weighted by molar-refractivity contribution is 8.01. The third-order valence-corrected chi connectivity index (χ3v) is 9.59. The lowest BCUT2D eigenvalue weighted by Gasteiger charge is -2.49. The van der Waals surface area contributed by atoms with Crippen molar-refractivity contribution in [2.75, 3.05) is 24.6 Å². The van der Waals surface area contributed by atoms with Crippen molar-refractivity contribution in [3.8, 4) is 0 Å². The van der Waals surface area contributed by atoms with Gasteiger partial charge in [-0.2, -0.15) is 0 Å². The Labute approximate surface area is 234 Å². The summed E-state index contributed by atoms with van der Waals surface area (Å²) in [5, 5.41) is 25.9. The molecule has 39 heavy (non-hydrogen) atoms. The van der Waals surface area contributed by atoms with Crippen LogP contribution in [0.1, 0.15) is 16.6 Å². The second-order valence-electron chi connectivity index (χ2n) is 8.71. The van der Waals surface area contributed by atoms with Gasteiger partial charge in [0.2, 0.25) is 5.91 Å². The van der Waals surface area contributed by atoms with E-state index in [9.17, 15) is 29.1 Å². The number of carboxylic acid groups (broad SMARTS) is 1. The zero-order valence-electron chi connectivity index (χ0n) is 20.4. The van der Waals surface area contributed by atoms with E-state index < -0.39 is 47.3 Å². The van der Waals surface area contributed by atoms with Crippen LogP contribution in [0.3, 0.4) is 0 Å². The zero-order chi connectivity index (χ0) is 27.7. The topological polar surface area (TPSA) is 174 Å². The van der Waals surface area contributed by atoms with E-state index in [-0.39, 0.29) is 12.2 Å². The summed E-state index contributed by atoms with van der Waals surface area (Å²) in [6.45, 7) is 2.29. The van der Waals surface area contributed by atoms with Crippen LogP contribution in [0, 0.1) is 6.92 Å². The Morgan fingerprint density at radius 3 is 2.64 bits per heavy atom. The summed E-state index contributed by atoms with van der Waals surface area (Å²) in [5.74, 6) is -1.73. The maximum Gasteiger partial charge on any atom is 0.352 e. The van der Waals surface area contributed by atoms with E-state index >= 15 is 0 Å². The fourth-order valence-electron chi connectivity index (χ4n) is 4.33. The number of fused-ring (bicyclic) bond motifs is 1. The van der Waals surface area contributed by atoms with E-state index in [2.05, 4.69) is 26.1 Å². The van der Waals surface area contributed by atoms with Gasteiger partial charge in [-0.25, -0.2) is 19.3 Å². The van der Waals surface area contributed by atoms with E-state index in [1.54, 1.807) is 30.3 Å². The molecule has 3 aliphatic rings. The number of rotatable bonds is 8. The van der Waals surface area contributed by atoms with Gasteiger partial charge in [0, 0.05) is 24.6 Å². The van der Waals surface area contributed by atoms with Crippen molar-refractivity contribution in [1.82, 2.24) is 35.9 Å². The lowest BCUT2D eigenvalue weighted by Crippen LogP contribution is -2.71. The van der Waals surface area contributed by atoms with Crippen LogP contribution >= 0.6 is 34.9 Å². The van der Waals surface area contributed by atoms with Gasteiger partial charge < -0.3 is 21.1 Å². The van der Waals surface area contributed by atoms with Crippen LogP contribution < -0.4 is 16.0 Å². The van der Waals surface area contributed by atoms with Crippen molar-refractivity contribution in [1.29, 1.82) is 0 Å². The molecule has 3 atom stereocenters. The standard InChI is InChI=1S/C23H23N7O6S3/c1-11-27-28-23(39-11)38-10-13-9-37-19-15(18(32)30(19)16(13)20(33)34)25-17(31)14(12-5-3-2-4-6-12)26-22(36)29-8-7-24-21(29)35/h2-6,14-15,19H,7-10H2,1H3,(H,24,35)(H,25,31)(H,26,36)(H,33,34). The highest BCUT2D eigenvalue weighted by atomic mass is 32.2. The fraction of sp³-hybridized carbons (Fsp3) is 0.348. The molecule has 3 unspecified atom stereocenters. The van der Waals surface area contributed by atoms with Gasteiger partial charge in [0.25, 0.3) is 5.91 Å². The van der Waals surface area contributed by atoms with Crippen LogP contribution in [0.4, 0.5) is 9.59 Å². The molecule has 16 heteroatoms. The molecule has 0 spiro atoms. The van der Waals surface area contributed by atoms with Crippen LogP contribution in [0.25, 0.3) is 0 Å². The van der Waals surface area contributed by atoms with E-state index in [1.165, 1.54) is 39.8 Å². The number of amides is 6. The molecule has 2 saturated heterocycles. The molecule has 1 aromatic heterocycles. The number of urea groups is 2. The molecular formula is C23H23N7O6S3. The highest BCUT2D eigenvalue weighted by Crippen LogP contribution is 2.42. The van der Waals surface area contributed by atoms with Crippen LogP contribution in [0.5, 0.6) is 0 Å². The first-order valence-electron chi connectivity index (χ1n) is 11.8. The minimum atomic E-state index is -1.22. The Morgan fingerprint density at radius 2 is 2.00 bits per heavy atom. The number of β-lactam (4-membered cyclic amide) rings is 1. The van der Waals surface area contributed by atoms with Crippen LogP contribution in [0.15, 0.2) is 45.9 Å². The Kier molecular flexibility index (Phi) is 7.76. The summed E-state index contributed by atoms with van der Waals surface area (Å²) in [6, 6.07) is 4.98. The number of aliphatic carboxylic acids is 1. The molecule has 0 saturated carbocycles. The molecule has 1 aromatic carbocycles. The summed E-state index contributed by atoms with van der Waals surface area (Å²) in [6.07, 6.45) is 0. The number of nitrogens with zero attached hydrogens (tertiary/aromatic N) is 4. The lowest BCUT2D eigenvalue weighted by atomic mass is 10.0. The van der Waals surface area contributed by atoms with Crippen LogP contribution in [-0.2, 0) is 14.4 Å². The van der Waals surface area contributed by atoms with Gasteiger partial charge in [-0.15, -0.1) is 22.0 Å². The van der Waals surface area contributed by atoms with Crippen molar-refractivity contribution >= 4 is 64.7 Å². The first kappa shape index (κ1) is 27.0. The number of carboxylic acids is 1. The first-order valence-corrected chi connectivity index (χ1v) is 14.6. The molecule has 0 radical (unpaired) electrons. The largest absolute Gasteiger partial charge is 0.477 e. The molecule has 0 bridgehead atoms. The van der Waals surface area contributed by atoms with Gasteiger partial charge in [0.15, 0.2) is 4.34 Å². The maximum absolute atomic E-state index is 13.4. The molecule has 2 aromatic rings. The van der Waals surface area contributed by atoms with E-state index in [1.807, 2.05) is 6.92 Å². The number of thioether (sulfide) groups is 2. The summed E-state index contributed by atoms with van der Waals surface area (Å²) < 4.78 is 0.706. The summed E-state index contributed by atoms with van der Waals surface area (Å²) in [5.41, 5.74) is 0.953. The first-order chi connectivity index (χ1) is 18.7. The highest BCUT2D eigenvalue weighted by Gasteiger charge is 2.54. The predicted octanol–water partition coefficient (Wildman–Crippen LogP) is 1.15. The normalized spacial score (nSPS) is 21.2. The van der Waals surface area contributed by atoms with Crippen molar-refractivity contribution < 1.29 is 29.1 Å². The van der Waals surface area contributed by atoms with Gasteiger partial charge in [-0.05, 0) is 18.1 Å². The minimum Gasteiger partial charge on any atom is -0.477 e. The van der Waals surface area contributed by atoms with Crippen LogP contribution in [-0.4, -0.2) is 91.0 Å². The van der Waals surface area contributed by atoms with Crippen molar-refractivity contribution in [3.05, 3.63) is 52.2 Å². The zero-order valence-corrected chi connectivity index (χ0v) is 22.9. The summed E-state index contributed by atoms with van der Waals surface area (Å²) >= 11 is 4.11. The molecule has 4 heterocycles. The van der Waals surface area contributed by atoms with E-state index in [4.69, 9.17) is 0 Å². The number of benzene rings is 1. The van der Waals surface area contributed by atoms with Gasteiger partial charge in [0.05, 0.1) is 0 Å². The lowest BCUT2D eigenvalue weighted by molar-refractivity contribution is -0.151. The Morgan fingerprint density at radius 1 is 1.23 bits per heavy atom. The smallest absolute Gasteiger partial charge is 0.352 e. The second kappa shape index (κ2) is 11.2. The Bertz CT molecular complexity index is 1370. The average molecular weight is 590 g/mol. The number of carbonyl (C=O) groups is 5. The van der Waals surface area contributed by atoms with Crippen molar-refractivity contribution in [3.63, 3.8) is 0 Å². The number of hydrogen-bond donors (Lipinski definition) is 4. The van der Waals surface area contributed by atoms with E-state index in [0.717, 1.165) is 9.91 Å². The third-order valence-electron chi connectivity index (χ3n) is 6.19. The molecule has 0 aliphatic carbocycles. The fourth-order valence-corrected chi connectivity index (χ4v) is 7.63. The van der Waals surface area contributed by atoms with Gasteiger partial charge in [0.1, 0.15) is 28.2 Å². The molecule has 5 rings (SSSR count). The van der Waals surface area contributed by atoms with Crippen molar-refractivity contribution in [2.24, 2.45) is 0 Å². The predicted molar refractivity (Wildman–Crippen MR) is 143 cm³/mol. The summed E-state index contributed by atoms with van der Waals surface area (Å²) in [7, 11) is 0. The van der Waals surface area contributed by atoms with E-state index in [0.29, 0.717) is 33.5 Å². The van der Waals surface area contributed by atoms with Gasteiger partial charge in [-0.3, -0.25) is 14.5 Å². The second-order valence-corrected chi connectivity index (χ2v) is 12.2. The van der Waals surface area contributed by atoms with Crippen molar-refractivity contribution in [2.45, 2.75) is 28.7 Å². The monoisotopic (exact) mass is 589 g/mol. The SMILES string of the molecule is Cc1nnc(SCC2=C(C(=O)O)N3C(=O)C(NC(=O)C(NC(=O)N4CCNC4=O)c4ccccc4)C3SC2)s1. The Hall–Kier alpha value is -3.63. The maximum atomic E-state index is 13.4. The number of aromatic nitrogens is 2. The number of aryl methyl sites for hydroxylation is 1. The molecule has 3 aliphatic heterocycles. The molecular weight excluding hydrogens is 566 g/mol. The number of nitrogens with one attached hydrogen (secondary N) is 3. The number of imide groups is 1. The quantitative estimate of drug-likeness (QED) is 0.258. The molecule has 204 valence electrons. The number of hydrogen-bond acceptors (Lipinski definition) is 10. The number of carbonyl (C=O) groups excluding carboxylic acids is 4. The van der Waals surface area contributed by atoms with Gasteiger partial charge >= 0.3 is 18.0 Å². The minimum absolute atomic E-state index is 0.0871. The molecule has 4 N–H and O–H groups in total. The van der Waals surface area contributed by atoms with Crippen LogP contribution in [0.2, 0.25) is 0 Å². The Balaban J connectivity index is 1.30. The molecule has 13 nitrogen and oxygen atoms in total. The average Bonchev–Trinajstić information content (AvgIpc) is 3.56. The molecule has 2 fully saturated rings. The summed E-state index contributed by atoms with van der Waals surface area (Å²) in [4.78, 5) is 65.5.